The van der Waals surface area contributed by atoms with E-state index in [0.29, 0.717) is 49.9 Å². The largest absolute Gasteiger partial charge is 0.391 e. The third-order valence-corrected chi connectivity index (χ3v) is 18.6. The average Bonchev–Trinajstić information content (AvgIpc) is 1.71. The summed E-state index contributed by atoms with van der Waals surface area (Å²) >= 11 is 0. The standard InChI is InChI=1S/C68H104N12O13/c1-16-43(6)58-68(93)73(10)45(8)62(87)75(12)51(37-47-27-20-17-21-28-47)61(86)72-57(46(9)81)67(92)77(14)54(38-48-29-22-18-23-30-48)64(89)76(13)53(36-42(4)5)66(91)80-34-26-31-50(80)60(85)71-49(63(88)79-32-24-19-25-33-79)39-55(82)70-44(7)59(84)69-40-56(83)74(11)52(35-41(2)3)65(90)78(58)15/h17-18,20-23,27-30,41-46,49-54,57-58,81H,16,19,24-26,31-40H2,1-15H3,(H,69,84)(H,70,82)(H,71,85)(H,72,86)/t43-,44-,45-,46+,49-,50-,51-,52-,53-,54-,57-,58-/m0/s1. The van der Waals surface area contributed by atoms with Crippen LogP contribution in [-0.4, -0.2) is 250 Å². The zero-order valence-electron chi connectivity index (χ0n) is 57.4. The molecule has 5 rings (SSSR count). The van der Waals surface area contributed by atoms with Gasteiger partial charge in [-0.2, -0.15) is 0 Å². The summed E-state index contributed by atoms with van der Waals surface area (Å²) in [6.45, 7) is 15.5. The molecule has 3 fully saturated rings. The van der Waals surface area contributed by atoms with Crippen molar-refractivity contribution in [2.75, 3.05) is 68.5 Å². The molecule has 12 amide bonds. The van der Waals surface area contributed by atoms with E-state index in [1.54, 1.807) is 72.5 Å². The highest BCUT2D eigenvalue weighted by Gasteiger charge is 2.46. The third-order valence-electron chi connectivity index (χ3n) is 18.6. The predicted octanol–water partition coefficient (Wildman–Crippen LogP) is 1.97. The number of nitrogens with one attached hydrogen (secondary N) is 4. The van der Waals surface area contributed by atoms with Crippen molar-refractivity contribution in [2.45, 2.75) is 199 Å². The lowest BCUT2D eigenvalue weighted by atomic mass is 9.94. The molecule has 2 aromatic carbocycles. The number of piperidine rings is 1. The first kappa shape index (κ1) is 75.8. The molecule has 0 unspecified atom stereocenters. The molecule has 2 aromatic rings. The number of aliphatic hydroxyl groups is 1. The number of aliphatic hydroxyl groups excluding tert-OH is 1. The molecule has 25 nitrogen and oxygen atoms in total. The second kappa shape index (κ2) is 34.8. The first-order valence-electron chi connectivity index (χ1n) is 32.9. The van der Waals surface area contributed by atoms with Crippen molar-refractivity contribution in [3.63, 3.8) is 0 Å². The van der Waals surface area contributed by atoms with E-state index in [1.165, 1.54) is 92.5 Å². The average molecular weight is 1300 g/mol. The number of rotatable bonds is 12. The van der Waals surface area contributed by atoms with Gasteiger partial charge in [-0.1, -0.05) is 109 Å². The molecule has 0 saturated carbocycles. The Hall–Kier alpha value is -7.96. The Balaban J connectivity index is 1.63. The summed E-state index contributed by atoms with van der Waals surface area (Å²) in [6.07, 6.45) is 1.16. The fourth-order valence-electron chi connectivity index (χ4n) is 12.5. The van der Waals surface area contributed by atoms with Crippen LogP contribution in [0.5, 0.6) is 0 Å². The molecular weight excluding hydrogens is 1190 g/mol. The Morgan fingerprint density at radius 2 is 1.05 bits per heavy atom. The zero-order chi connectivity index (χ0) is 69.3. The van der Waals surface area contributed by atoms with Gasteiger partial charge < -0.3 is 65.6 Å². The van der Waals surface area contributed by atoms with Gasteiger partial charge in [0.05, 0.1) is 19.1 Å². The maximum absolute atomic E-state index is 15.4. The number of benzene rings is 2. The van der Waals surface area contributed by atoms with Crippen LogP contribution in [0.15, 0.2) is 60.7 Å². The lowest BCUT2D eigenvalue weighted by molar-refractivity contribution is -0.155. The van der Waals surface area contributed by atoms with Crippen molar-refractivity contribution in [1.29, 1.82) is 0 Å². The van der Waals surface area contributed by atoms with Crippen LogP contribution in [0.2, 0.25) is 0 Å². The highest BCUT2D eigenvalue weighted by Crippen LogP contribution is 2.27. The molecule has 3 aliphatic heterocycles. The summed E-state index contributed by atoms with van der Waals surface area (Å²) in [7, 11) is 8.48. The third kappa shape index (κ3) is 19.8. The molecular formula is C68H104N12O13. The van der Waals surface area contributed by atoms with Crippen LogP contribution in [-0.2, 0) is 70.4 Å². The van der Waals surface area contributed by atoms with Crippen molar-refractivity contribution in [3.05, 3.63) is 71.8 Å². The van der Waals surface area contributed by atoms with E-state index in [4.69, 9.17) is 0 Å². The number of fused-ring (bicyclic) bond motifs is 1. The predicted molar refractivity (Wildman–Crippen MR) is 350 cm³/mol. The fourth-order valence-corrected chi connectivity index (χ4v) is 12.5. The Labute approximate surface area is 549 Å². The van der Waals surface area contributed by atoms with Gasteiger partial charge in [0.15, 0.2) is 0 Å². The van der Waals surface area contributed by atoms with Gasteiger partial charge in [0, 0.05) is 74.8 Å². The topological polar surface area (TPSA) is 299 Å². The Bertz CT molecular complexity index is 2940. The maximum Gasteiger partial charge on any atom is 0.248 e. The van der Waals surface area contributed by atoms with E-state index in [-0.39, 0.29) is 50.5 Å². The van der Waals surface area contributed by atoms with Crippen LogP contribution in [0.25, 0.3) is 0 Å². The maximum atomic E-state index is 15.4. The first-order chi connectivity index (χ1) is 43.8. The van der Waals surface area contributed by atoms with Crippen molar-refractivity contribution < 1.29 is 62.6 Å². The van der Waals surface area contributed by atoms with Crippen molar-refractivity contribution in [2.24, 2.45) is 17.8 Å². The highest BCUT2D eigenvalue weighted by molar-refractivity contribution is 6.00. The number of carbonyl (C=O) groups is 12. The number of likely N-dealkylation sites (tertiary alicyclic amines) is 1. The van der Waals surface area contributed by atoms with Gasteiger partial charge in [0.25, 0.3) is 0 Å². The minimum absolute atomic E-state index is 0.0807. The molecule has 93 heavy (non-hydrogen) atoms. The van der Waals surface area contributed by atoms with E-state index in [2.05, 4.69) is 21.3 Å². The number of likely N-dealkylation sites (N-methyl/N-ethyl adjacent to an activating group) is 6. The molecule has 3 heterocycles. The Kier molecular flexibility index (Phi) is 28.4. The molecule has 0 aliphatic carbocycles. The minimum Gasteiger partial charge on any atom is -0.391 e. The van der Waals surface area contributed by atoms with Gasteiger partial charge in [-0.25, -0.2) is 0 Å². The first-order valence-corrected chi connectivity index (χ1v) is 32.9. The number of carbonyl (C=O) groups excluding carboxylic acids is 12. The molecule has 514 valence electrons. The van der Waals surface area contributed by atoms with Gasteiger partial charge in [-0.3, -0.25) is 57.5 Å². The number of amides is 12. The molecule has 0 bridgehead atoms. The van der Waals surface area contributed by atoms with Crippen LogP contribution in [0, 0.1) is 17.8 Å². The smallest absolute Gasteiger partial charge is 0.248 e. The number of hydrogen-bond acceptors (Lipinski definition) is 13. The van der Waals surface area contributed by atoms with Crippen molar-refractivity contribution in [3.8, 4) is 0 Å². The molecule has 0 radical (unpaired) electrons. The molecule has 3 saturated heterocycles. The van der Waals surface area contributed by atoms with Gasteiger partial charge in [-0.05, 0) is 94.6 Å². The van der Waals surface area contributed by atoms with Gasteiger partial charge >= 0.3 is 0 Å². The molecule has 12 atom stereocenters. The van der Waals surface area contributed by atoms with Crippen LogP contribution >= 0.6 is 0 Å². The van der Waals surface area contributed by atoms with Gasteiger partial charge in [0.1, 0.15) is 60.4 Å². The molecule has 25 heteroatoms. The summed E-state index contributed by atoms with van der Waals surface area (Å²) in [5.74, 6) is -9.18. The fraction of sp³-hybridized carbons (Fsp3) is 0.647. The number of hydrogen-bond donors (Lipinski definition) is 5. The second-order valence-electron chi connectivity index (χ2n) is 26.5. The van der Waals surface area contributed by atoms with E-state index in [9.17, 15) is 43.5 Å². The monoisotopic (exact) mass is 1300 g/mol. The summed E-state index contributed by atoms with van der Waals surface area (Å²) in [5, 5.41) is 22.1. The van der Waals surface area contributed by atoms with Crippen LogP contribution in [0.3, 0.4) is 0 Å². The summed E-state index contributed by atoms with van der Waals surface area (Å²) < 4.78 is 0. The second-order valence-corrected chi connectivity index (χ2v) is 26.5. The van der Waals surface area contributed by atoms with E-state index < -0.39 is 156 Å². The van der Waals surface area contributed by atoms with Crippen molar-refractivity contribution >= 4 is 70.9 Å². The van der Waals surface area contributed by atoms with Crippen LogP contribution < -0.4 is 21.3 Å². The summed E-state index contributed by atoms with van der Waals surface area (Å²) in [6, 6.07) is 4.60. The van der Waals surface area contributed by atoms with Gasteiger partial charge in [-0.15, -0.1) is 0 Å². The van der Waals surface area contributed by atoms with Crippen LogP contribution in [0.4, 0.5) is 0 Å². The lowest BCUT2D eigenvalue weighted by Crippen LogP contribution is -2.63. The number of nitrogens with zero attached hydrogens (tertiary/aromatic N) is 8. The SMILES string of the molecule is CC[C@H](C)[C@H]1C(=O)N(C)[C@@H](C)C(=O)N(C)[C@@H](Cc2ccccc2)C(=O)N[C@@H]([C@@H](C)O)C(=O)N(C)[C@@H](Cc2ccccc2)C(=O)N(C)[C@@H](CC(C)C)C(=O)N2CCC[C@H]2C(=O)N[C@H](C(=O)N2CCCCC2)CC(=O)N[C@@H](C)C(=O)NCC(=O)N(C)[C@@H](CC(C)C)C(=O)N1C. The summed E-state index contributed by atoms with van der Waals surface area (Å²) in [4.78, 5) is 187. The van der Waals surface area contributed by atoms with Crippen LogP contribution in [0.1, 0.15) is 131 Å². The minimum atomic E-state index is -1.71. The van der Waals surface area contributed by atoms with E-state index in [0.717, 1.165) is 11.3 Å². The summed E-state index contributed by atoms with van der Waals surface area (Å²) in [5.41, 5.74) is 1.25. The Morgan fingerprint density at radius 1 is 0.538 bits per heavy atom. The van der Waals surface area contributed by atoms with Crippen molar-refractivity contribution in [1.82, 2.24) is 60.5 Å². The van der Waals surface area contributed by atoms with Gasteiger partial charge in [0.2, 0.25) is 70.9 Å². The molecule has 0 spiro atoms. The lowest BCUT2D eigenvalue weighted by Gasteiger charge is -2.40. The molecule has 5 N–H and O–H groups in total. The molecule has 0 aromatic heterocycles. The normalized spacial score (nSPS) is 26.8. The van der Waals surface area contributed by atoms with E-state index >= 15 is 19.2 Å². The highest BCUT2D eigenvalue weighted by atomic mass is 16.3. The quantitative estimate of drug-likeness (QED) is 0.203. The van der Waals surface area contributed by atoms with E-state index in [1.807, 2.05) is 34.6 Å². The zero-order valence-corrected chi connectivity index (χ0v) is 57.4. The Morgan fingerprint density at radius 3 is 1.59 bits per heavy atom. The molecule has 3 aliphatic rings.